The molecular weight excluding hydrogens is 453 g/mol. The van der Waals surface area contributed by atoms with Gasteiger partial charge in [0.2, 0.25) is 5.91 Å². The average Bonchev–Trinajstić information content (AvgIpc) is 2.81. The van der Waals surface area contributed by atoms with Crippen molar-refractivity contribution in [3.63, 3.8) is 0 Å². The molecule has 0 bridgehead atoms. The van der Waals surface area contributed by atoms with Crippen molar-refractivity contribution in [3.8, 4) is 11.5 Å². The maximum Gasteiger partial charge on any atom is 0.255 e. The second-order valence-corrected chi connectivity index (χ2v) is 8.02. The Balaban J connectivity index is 1.54. The number of nitrogens with two attached hydrogens (primary N) is 1. The first-order chi connectivity index (χ1) is 15.8. The molecule has 2 aromatic carbocycles. The van der Waals surface area contributed by atoms with Crippen molar-refractivity contribution in [2.45, 2.75) is 25.0 Å². The number of hydrogen-bond acceptors (Lipinski definition) is 6. The van der Waals surface area contributed by atoms with Crippen LogP contribution < -0.4 is 20.5 Å². The van der Waals surface area contributed by atoms with Crippen LogP contribution in [0.4, 0.5) is 10.1 Å². The van der Waals surface area contributed by atoms with E-state index in [1.165, 1.54) is 50.6 Å². The second-order valence-electron chi connectivity index (χ2n) is 7.61. The molecule has 1 aliphatic heterocycles. The maximum absolute atomic E-state index is 13.0. The minimum atomic E-state index is -0.389. The maximum atomic E-state index is 13.0. The Morgan fingerprint density at radius 2 is 1.97 bits per heavy atom. The molecule has 0 aliphatic carbocycles. The van der Waals surface area contributed by atoms with Gasteiger partial charge in [0.05, 0.1) is 48.6 Å². The Bertz CT molecular complexity index is 989. The van der Waals surface area contributed by atoms with Crippen molar-refractivity contribution in [1.29, 1.82) is 0 Å². The molecule has 0 unspecified atom stereocenters. The fourth-order valence-electron chi connectivity index (χ4n) is 3.65. The zero-order valence-electron chi connectivity index (χ0n) is 18.5. The number of carbonyl (C=O) groups is 2. The molecular formula is C23H27ClFN3O5. The summed E-state index contributed by atoms with van der Waals surface area (Å²) in [6.07, 6.45) is 0.297. The SMILES string of the molecule is COc1cc(N)c(Cl)cc1C(=O)N[C@H]1CCN(C(=O)CCOc2ccc(F)cc2)C[C@H]1OC. The van der Waals surface area contributed by atoms with Crippen LogP contribution in [0.3, 0.4) is 0 Å². The van der Waals surface area contributed by atoms with Crippen molar-refractivity contribution in [2.75, 3.05) is 39.6 Å². The van der Waals surface area contributed by atoms with E-state index in [0.29, 0.717) is 36.7 Å². The van der Waals surface area contributed by atoms with Gasteiger partial charge in [-0.15, -0.1) is 0 Å². The fourth-order valence-corrected chi connectivity index (χ4v) is 3.82. The first-order valence-corrected chi connectivity index (χ1v) is 10.8. The standard InChI is InChI=1S/C23H27ClFN3O5/c1-31-20-12-18(26)17(24)11-16(20)23(30)27-19-7-9-28(13-21(19)32-2)22(29)8-10-33-15-5-3-14(25)4-6-15/h3-6,11-12,19,21H,7-10,13,26H2,1-2H3,(H,27,30)/t19-,21+/m0/s1. The van der Waals surface area contributed by atoms with Crippen LogP contribution in [0, 0.1) is 5.82 Å². The summed E-state index contributed by atoms with van der Waals surface area (Å²) in [5.41, 5.74) is 6.37. The molecule has 3 rings (SSSR count). The third kappa shape index (κ3) is 6.27. The third-order valence-corrected chi connectivity index (χ3v) is 5.82. The van der Waals surface area contributed by atoms with Gasteiger partial charge in [0.25, 0.3) is 5.91 Å². The number of halogens is 2. The summed E-state index contributed by atoms with van der Waals surface area (Å²) in [4.78, 5) is 27.2. The number of likely N-dealkylation sites (tertiary alicyclic amines) is 1. The highest BCUT2D eigenvalue weighted by molar-refractivity contribution is 6.33. The highest BCUT2D eigenvalue weighted by atomic mass is 35.5. The van der Waals surface area contributed by atoms with E-state index < -0.39 is 0 Å². The summed E-state index contributed by atoms with van der Waals surface area (Å²) < 4.78 is 29.3. The second kappa shape index (κ2) is 11.2. The van der Waals surface area contributed by atoms with Gasteiger partial charge < -0.3 is 30.2 Å². The monoisotopic (exact) mass is 479 g/mol. The lowest BCUT2D eigenvalue weighted by Crippen LogP contribution is -2.56. The predicted octanol–water partition coefficient (Wildman–Crippen LogP) is 2.88. The minimum absolute atomic E-state index is 0.0871. The smallest absolute Gasteiger partial charge is 0.255 e. The van der Waals surface area contributed by atoms with Gasteiger partial charge in [0, 0.05) is 26.3 Å². The number of carbonyl (C=O) groups excluding carboxylic acids is 2. The van der Waals surface area contributed by atoms with Gasteiger partial charge in [0.15, 0.2) is 0 Å². The number of benzene rings is 2. The molecule has 33 heavy (non-hydrogen) atoms. The number of methoxy groups -OCH3 is 2. The molecule has 0 spiro atoms. The van der Waals surface area contributed by atoms with Crippen LogP contribution >= 0.6 is 11.6 Å². The summed E-state index contributed by atoms with van der Waals surface area (Å²) >= 11 is 6.07. The number of nitrogens with one attached hydrogen (secondary N) is 1. The Labute approximate surface area is 196 Å². The van der Waals surface area contributed by atoms with Crippen LogP contribution in [0.1, 0.15) is 23.2 Å². The van der Waals surface area contributed by atoms with E-state index in [0.717, 1.165) is 0 Å². The molecule has 2 atom stereocenters. The number of amides is 2. The van der Waals surface area contributed by atoms with Crippen molar-refractivity contribution < 1.29 is 28.2 Å². The highest BCUT2D eigenvalue weighted by Gasteiger charge is 2.33. The molecule has 1 heterocycles. The van der Waals surface area contributed by atoms with Crippen LogP contribution in [0.5, 0.6) is 11.5 Å². The Kier molecular flexibility index (Phi) is 8.35. The number of nitrogen functional groups attached to an aromatic ring is 1. The number of hydrogen-bond donors (Lipinski definition) is 2. The normalized spacial score (nSPS) is 18.0. The van der Waals surface area contributed by atoms with Crippen molar-refractivity contribution in [1.82, 2.24) is 10.2 Å². The molecule has 10 heteroatoms. The molecule has 1 saturated heterocycles. The molecule has 3 N–H and O–H groups in total. The number of rotatable bonds is 8. The van der Waals surface area contributed by atoms with E-state index in [2.05, 4.69) is 5.32 Å². The number of ether oxygens (including phenoxy) is 3. The van der Waals surface area contributed by atoms with Gasteiger partial charge in [-0.25, -0.2) is 4.39 Å². The minimum Gasteiger partial charge on any atom is -0.496 e. The van der Waals surface area contributed by atoms with Crippen LogP contribution in [-0.4, -0.2) is 62.8 Å². The van der Waals surface area contributed by atoms with Crippen LogP contribution in [-0.2, 0) is 9.53 Å². The van der Waals surface area contributed by atoms with Crippen LogP contribution in [0.25, 0.3) is 0 Å². The lowest BCUT2D eigenvalue weighted by molar-refractivity contribution is -0.135. The zero-order valence-corrected chi connectivity index (χ0v) is 19.2. The molecule has 1 aliphatic rings. The summed E-state index contributed by atoms with van der Waals surface area (Å²) in [7, 11) is 2.98. The van der Waals surface area contributed by atoms with Crippen LogP contribution in [0.2, 0.25) is 5.02 Å². The summed E-state index contributed by atoms with van der Waals surface area (Å²) in [5.74, 6) is 0.0110. The predicted molar refractivity (Wildman–Crippen MR) is 122 cm³/mol. The van der Waals surface area contributed by atoms with E-state index in [4.69, 9.17) is 31.5 Å². The first kappa shape index (κ1) is 24.6. The van der Waals surface area contributed by atoms with Crippen molar-refractivity contribution in [2.24, 2.45) is 0 Å². The van der Waals surface area contributed by atoms with Crippen molar-refractivity contribution in [3.05, 3.63) is 52.8 Å². The molecule has 2 aromatic rings. The van der Waals surface area contributed by atoms with Gasteiger partial charge in [-0.2, -0.15) is 0 Å². The van der Waals surface area contributed by atoms with Gasteiger partial charge in [-0.1, -0.05) is 11.6 Å². The van der Waals surface area contributed by atoms with E-state index in [9.17, 15) is 14.0 Å². The summed E-state index contributed by atoms with van der Waals surface area (Å²) in [6.45, 7) is 0.965. The largest absolute Gasteiger partial charge is 0.496 e. The van der Waals surface area contributed by atoms with Gasteiger partial charge in [-0.3, -0.25) is 9.59 Å². The molecule has 8 nitrogen and oxygen atoms in total. The molecule has 1 fully saturated rings. The average molecular weight is 480 g/mol. The van der Waals surface area contributed by atoms with Crippen molar-refractivity contribution >= 4 is 29.1 Å². The van der Waals surface area contributed by atoms with Gasteiger partial charge >= 0.3 is 0 Å². The summed E-state index contributed by atoms with van der Waals surface area (Å²) in [5, 5.41) is 3.21. The Morgan fingerprint density at radius 1 is 1.24 bits per heavy atom. The quantitative estimate of drug-likeness (QED) is 0.564. The lowest BCUT2D eigenvalue weighted by atomic mass is 10.0. The fraction of sp³-hybridized carbons (Fsp3) is 0.391. The first-order valence-electron chi connectivity index (χ1n) is 10.4. The molecule has 2 amide bonds. The van der Waals surface area contributed by atoms with Gasteiger partial charge in [0.1, 0.15) is 17.3 Å². The van der Waals surface area contributed by atoms with Gasteiger partial charge in [-0.05, 0) is 36.8 Å². The molecule has 0 saturated carbocycles. The number of piperidine rings is 1. The zero-order chi connectivity index (χ0) is 24.0. The van der Waals surface area contributed by atoms with Crippen LogP contribution in [0.15, 0.2) is 36.4 Å². The molecule has 178 valence electrons. The molecule has 0 aromatic heterocycles. The number of anilines is 1. The molecule has 0 radical (unpaired) electrons. The topological polar surface area (TPSA) is 103 Å². The number of nitrogens with zero attached hydrogens (tertiary/aromatic N) is 1. The van der Waals surface area contributed by atoms with E-state index in [1.807, 2.05) is 0 Å². The van der Waals surface area contributed by atoms with E-state index in [-0.39, 0.29) is 53.4 Å². The lowest BCUT2D eigenvalue weighted by Gasteiger charge is -2.38. The summed E-state index contributed by atoms with van der Waals surface area (Å²) in [6, 6.07) is 8.28. The van der Waals surface area contributed by atoms with E-state index >= 15 is 0 Å². The highest BCUT2D eigenvalue weighted by Crippen LogP contribution is 2.29. The third-order valence-electron chi connectivity index (χ3n) is 5.49. The Morgan fingerprint density at radius 3 is 2.64 bits per heavy atom. The van der Waals surface area contributed by atoms with E-state index in [1.54, 1.807) is 4.90 Å². The Hall–Kier alpha value is -3.04.